The summed E-state index contributed by atoms with van der Waals surface area (Å²) in [5.41, 5.74) is 2.31. The second-order valence-electron chi connectivity index (χ2n) is 6.38. The summed E-state index contributed by atoms with van der Waals surface area (Å²) in [6.07, 6.45) is 4.91. The molecule has 0 aromatic heterocycles. The van der Waals surface area contributed by atoms with Crippen molar-refractivity contribution >= 4 is 31.3 Å². The van der Waals surface area contributed by atoms with Crippen LogP contribution in [0.2, 0.25) is 0 Å². The highest BCUT2D eigenvalue weighted by atomic mass is 32.1. The number of fused-ring (bicyclic) bond motifs is 1. The summed E-state index contributed by atoms with van der Waals surface area (Å²) >= 11 is 3.94. The molecule has 2 N–H and O–H groups in total. The van der Waals surface area contributed by atoms with E-state index in [-0.39, 0.29) is 12.3 Å². The fraction of sp³-hybridized carbons (Fsp3) is 0.522. The van der Waals surface area contributed by atoms with Gasteiger partial charge in [-0.25, -0.2) is 0 Å². The quantitative estimate of drug-likeness (QED) is 0.242. The Labute approximate surface area is 186 Å². The first-order valence-electron chi connectivity index (χ1n) is 10.4. The zero-order valence-corrected chi connectivity index (χ0v) is 19.4. The van der Waals surface area contributed by atoms with Crippen molar-refractivity contribution < 1.29 is 14.4 Å². The van der Waals surface area contributed by atoms with Crippen molar-refractivity contribution in [1.29, 1.82) is 0 Å². The molecule has 2 rings (SSSR count). The van der Waals surface area contributed by atoms with Crippen molar-refractivity contribution in [2.75, 3.05) is 20.6 Å². The standard InChI is InChI=1S/C19H22N2O3S.C2H7N.C2H6/c22-12-6-9-16(14-23)21-13-18-15(7-3-1-2-4-11-20-25)8-5-10-17(18)19(21)24;1-3-2;1-2/h5,8,10,12,14,16,20,25H,1-2,4,6,9,11,13H2;3H,1-2H3;1-2H3. The lowest BCUT2D eigenvalue weighted by Crippen LogP contribution is -2.36. The number of aldehydes is 2. The summed E-state index contributed by atoms with van der Waals surface area (Å²) < 4.78 is 2.80. The van der Waals surface area contributed by atoms with Gasteiger partial charge in [-0.05, 0) is 51.1 Å². The van der Waals surface area contributed by atoms with E-state index in [1.54, 1.807) is 6.07 Å². The Morgan fingerprint density at radius 1 is 1.23 bits per heavy atom. The van der Waals surface area contributed by atoms with E-state index < -0.39 is 6.04 Å². The molecule has 0 bridgehead atoms. The Morgan fingerprint density at radius 3 is 2.53 bits per heavy atom. The van der Waals surface area contributed by atoms with Crippen LogP contribution in [0.1, 0.15) is 67.4 Å². The summed E-state index contributed by atoms with van der Waals surface area (Å²) in [6.45, 7) is 5.22. The molecule has 0 fully saturated rings. The van der Waals surface area contributed by atoms with E-state index in [1.807, 2.05) is 40.1 Å². The zero-order chi connectivity index (χ0) is 22.8. The number of carbonyl (C=O) groups is 3. The van der Waals surface area contributed by atoms with Gasteiger partial charge in [0.25, 0.3) is 5.91 Å². The van der Waals surface area contributed by atoms with Gasteiger partial charge < -0.3 is 19.8 Å². The summed E-state index contributed by atoms with van der Waals surface area (Å²) in [4.78, 5) is 36.0. The fourth-order valence-corrected chi connectivity index (χ4v) is 3.01. The fourth-order valence-electron chi connectivity index (χ4n) is 2.85. The highest BCUT2D eigenvalue weighted by Gasteiger charge is 2.33. The van der Waals surface area contributed by atoms with Crippen molar-refractivity contribution in [2.24, 2.45) is 0 Å². The van der Waals surface area contributed by atoms with E-state index in [0.29, 0.717) is 18.5 Å². The highest BCUT2D eigenvalue weighted by Crippen LogP contribution is 2.28. The van der Waals surface area contributed by atoms with Crippen LogP contribution >= 0.6 is 12.8 Å². The van der Waals surface area contributed by atoms with Crippen molar-refractivity contribution in [3.05, 3.63) is 34.9 Å². The normalized spacial score (nSPS) is 12.3. The van der Waals surface area contributed by atoms with Crippen LogP contribution in [0.15, 0.2) is 18.2 Å². The van der Waals surface area contributed by atoms with Gasteiger partial charge in [0.2, 0.25) is 0 Å². The van der Waals surface area contributed by atoms with E-state index in [1.165, 1.54) is 4.90 Å². The van der Waals surface area contributed by atoms with Gasteiger partial charge in [-0.2, -0.15) is 0 Å². The minimum Gasteiger partial charge on any atom is -0.324 e. The van der Waals surface area contributed by atoms with Crippen molar-refractivity contribution in [3.8, 4) is 11.8 Å². The third kappa shape index (κ3) is 9.12. The molecule has 6 nitrogen and oxygen atoms in total. The topological polar surface area (TPSA) is 78.5 Å². The molecule has 0 aliphatic carbocycles. The molecule has 1 aliphatic heterocycles. The molecule has 0 saturated heterocycles. The number of hydrogen-bond donors (Lipinski definition) is 3. The first-order chi connectivity index (χ1) is 14.6. The van der Waals surface area contributed by atoms with Gasteiger partial charge in [-0.1, -0.05) is 44.6 Å². The number of benzene rings is 1. The Bertz CT molecular complexity index is 713. The van der Waals surface area contributed by atoms with Gasteiger partial charge in [-0.3, -0.25) is 9.52 Å². The molecule has 1 heterocycles. The number of nitrogens with zero attached hydrogens (tertiary/aromatic N) is 1. The van der Waals surface area contributed by atoms with Crippen LogP contribution in [0.5, 0.6) is 0 Å². The maximum absolute atomic E-state index is 12.6. The van der Waals surface area contributed by atoms with Gasteiger partial charge in [0.15, 0.2) is 0 Å². The van der Waals surface area contributed by atoms with Crippen LogP contribution in [0, 0.1) is 11.8 Å². The van der Waals surface area contributed by atoms with Crippen LogP contribution in [0.3, 0.4) is 0 Å². The number of amides is 1. The largest absolute Gasteiger partial charge is 0.324 e. The Balaban J connectivity index is 0.00000154. The van der Waals surface area contributed by atoms with Crippen molar-refractivity contribution in [1.82, 2.24) is 14.9 Å². The summed E-state index contributed by atoms with van der Waals surface area (Å²) in [6, 6.07) is 4.91. The molecule has 1 aromatic rings. The number of thiol groups is 1. The number of unbranched alkanes of at least 4 members (excludes halogenated alkanes) is 2. The highest BCUT2D eigenvalue weighted by molar-refractivity contribution is 7.78. The summed E-state index contributed by atoms with van der Waals surface area (Å²) in [5.74, 6) is 6.13. The van der Waals surface area contributed by atoms with E-state index in [9.17, 15) is 14.4 Å². The van der Waals surface area contributed by atoms with Gasteiger partial charge in [0.1, 0.15) is 12.6 Å². The molecule has 0 saturated carbocycles. The second-order valence-corrected chi connectivity index (χ2v) is 6.70. The van der Waals surface area contributed by atoms with Crippen LogP contribution in [-0.4, -0.2) is 50.1 Å². The lowest BCUT2D eigenvalue weighted by molar-refractivity contribution is -0.112. The molecule has 1 aromatic carbocycles. The second kappa shape index (κ2) is 17.7. The molecular formula is C23H35N3O3S. The average Bonchev–Trinajstić information content (AvgIpc) is 3.10. The molecule has 1 aliphatic rings. The average molecular weight is 434 g/mol. The number of nitrogens with one attached hydrogen (secondary N) is 2. The lowest BCUT2D eigenvalue weighted by Gasteiger charge is -2.22. The number of rotatable bonds is 9. The minimum atomic E-state index is -0.570. The number of carbonyl (C=O) groups excluding carboxylic acids is 3. The van der Waals surface area contributed by atoms with Crippen LogP contribution in [0.4, 0.5) is 0 Å². The monoisotopic (exact) mass is 433 g/mol. The Hall–Kier alpha value is -2.14. The zero-order valence-electron chi connectivity index (χ0n) is 18.5. The molecule has 166 valence electrons. The van der Waals surface area contributed by atoms with E-state index in [2.05, 4.69) is 34.7 Å². The van der Waals surface area contributed by atoms with E-state index in [0.717, 1.165) is 49.5 Å². The first kappa shape index (κ1) is 27.9. The van der Waals surface area contributed by atoms with Gasteiger partial charge in [-0.15, -0.1) is 0 Å². The molecular weight excluding hydrogens is 398 g/mol. The summed E-state index contributed by atoms with van der Waals surface area (Å²) in [5, 5.41) is 2.75. The molecule has 1 unspecified atom stereocenters. The molecule has 30 heavy (non-hydrogen) atoms. The third-order valence-electron chi connectivity index (χ3n) is 4.20. The predicted octanol–water partition coefficient (Wildman–Crippen LogP) is 3.01. The van der Waals surface area contributed by atoms with Gasteiger partial charge >= 0.3 is 0 Å². The van der Waals surface area contributed by atoms with E-state index in [4.69, 9.17) is 0 Å². The van der Waals surface area contributed by atoms with Crippen LogP contribution in [0.25, 0.3) is 0 Å². The predicted molar refractivity (Wildman–Crippen MR) is 126 cm³/mol. The smallest absolute Gasteiger partial charge is 0.255 e. The van der Waals surface area contributed by atoms with Crippen molar-refractivity contribution in [3.63, 3.8) is 0 Å². The third-order valence-corrected chi connectivity index (χ3v) is 4.42. The van der Waals surface area contributed by atoms with E-state index >= 15 is 0 Å². The summed E-state index contributed by atoms with van der Waals surface area (Å²) in [7, 11) is 3.75. The van der Waals surface area contributed by atoms with Crippen molar-refractivity contribution in [2.45, 2.75) is 58.5 Å². The van der Waals surface area contributed by atoms with Crippen LogP contribution < -0.4 is 10.0 Å². The number of hydrogen-bond acceptors (Lipinski definition) is 6. The molecule has 7 heteroatoms. The SMILES string of the molecule is CC.CNC.O=CCCC(C=O)N1Cc2c(C#CCCCCNS)cccc2C1=O. The Kier molecular flexibility index (Phi) is 16.4. The van der Waals surface area contributed by atoms with Crippen LogP contribution in [-0.2, 0) is 16.1 Å². The molecule has 1 atom stereocenters. The molecule has 1 amide bonds. The molecule has 0 spiro atoms. The maximum atomic E-state index is 12.6. The molecule has 0 radical (unpaired) electrons. The maximum Gasteiger partial charge on any atom is 0.255 e. The first-order valence-corrected chi connectivity index (χ1v) is 10.8. The lowest BCUT2D eigenvalue weighted by atomic mass is 10.0. The Morgan fingerprint density at radius 2 is 1.93 bits per heavy atom. The minimum absolute atomic E-state index is 0.165. The van der Waals surface area contributed by atoms with Gasteiger partial charge in [0, 0.05) is 37.1 Å². The van der Waals surface area contributed by atoms with Gasteiger partial charge in [0.05, 0.1) is 6.04 Å².